The molecule has 0 heterocycles. The SMILES string of the molecule is C[Si](C)(C)[N]([Ge]([O]O)[N]([Si](C)(C)C)[Si](C)(C)C)[Si](C)(C)C. The average molecular weight is 426 g/mol. The number of nitrogens with zero attached hydrogens (tertiary/aromatic N) is 2. The first-order valence-corrected chi connectivity index (χ1v) is 24.3. The summed E-state index contributed by atoms with van der Waals surface area (Å²) in [4.78, 5) is 0. The van der Waals surface area contributed by atoms with Gasteiger partial charge in [0.2, 0.25) is 0 Å². The fourth-order valence-electron chi connectivity index (χ4n) is 3.34. The molecule has 0 aliphatic carbocycles. The maximum atomic E-state index is 9.90. The molecule has 21 heavy (non-hydrogen) atoms. The van der Waals surface area contributed by atoms with Gasteiger partial charge in [-0.2, -0.15) is 0 Å². The Balaban J connectivity index is 6.04. The monoisotopic (exact) mass is 427 g/mol. The minimum atomic E-state index is -2.31. The summed E-state index contributed by atoms with van der Waals surface area (Å²) in [5.41, 5.74) is 0. The molecule has 0 saturated carbocycles. The first kappa shape index (κ1) is 22.3. The number of hydrogen-bond acceptors (Lipinski definition) is 4. The van der Waals surface area contributed by atoms with Crippen molar-refractivity contribution in [2.24, 2.45) is 0 Å². The molecule has 0 aromatic carbocycles. The molecule has 0 fully saturated rings. The first-order valence-electron chi connectivity index (χ1n) is 7.73. The molecule has 4 nitrogen and oxygen atoms in total. The molecule has 127 valence electrons. The van der Waals surface area contributed by atoms with Gasteiger partial charge in [-0.05, 0) is 0 Å². The zero-order chi connectivity index (χ0) is 17.4. The summed E-state index contributed by atoms with van der Waals surface area (Å²) in [6.07, 6.45) is 0. The average Bonchev–Trinajstić information content (AvgIpc) is 2.06. The van der Waals surface area contributed by atoms with Crippen molar-refractivity contribution in [3.05, 3.63) is 0 Å². The van der Waals surface area contributed by atoms with Crippen molar-refractivity contribution in [3.63, 3.8) is 0 Å². The van der Waals surface area contributed by atoms with E-state index in [4.69, 9.17) is 3.91 Å². The van der Waals surface area contributed by atoms with E-state index in [0.29, 0.717) is 0 Å². The van der Waals surface area contributed by atoms with Gasteiger partial charge in [0.05, 0.1) is 0 Å². The normalized spacial score (nSPS) is 15.4. The van der Waals surface area contributed by atoms with Crippen LogP contribution in [-0.4, -0.2) is 59.7 Å². The van der Waals surface area contributed by atoms with Gasteiger partial charge in [-0.25, -0.2) is 0 Å². The van der Waals surface area contributed by atoms with Crippen molar-refractivity contribution in [2.45, 2.75) is 78.6 Å². The molecule has 9 heteroatoms. The van der Waals surface area contributed by atoms with E-state index >= 15 is 0 Å². The molecule has 0 aliphatic heterocycles. The van der Waals surface area contributed by atoms with Crippen LogP contribution in [0.15, 0.2) is 0 Å². The quantitative estimate of drug-likeness (QED) is 0.372. The molecule has 0 aromatic rings. The molecular formula is C12H37GeN2O2Si4. The molecule has 0 saturated heterocycles. The molecule has 0 unspecified atom stereocenters. The van der Waals surface area contributed by atoms with E-state index in [1.54, 1.807) is 0 Å². The molecule has 1 N–H and O–H groups in total. The van der Waals surface area contributed by atoms with Crippen LogP contribution in [0.25, 0.3) is 0 Å². The van der Waals surface area contributed by atoms with E-state index in [9.17, 15) is 5.26 Å². The van der Waals surface area contributed by atoms with Crippen LogP contribution in [0.3, 0.4) is 0 Å². The summed E-state index contributed by atoms with van der Waals surface area (Å²) in [7, 11) is -6.16. The van der Waals surface area contributed by atoms with Gasteiger partial charge >= 0.3 is 142 Å². The zero-order valence-corrected chi connectivity index (χ0v) is 22.3. The Kier molecular flexibility index (Phi) is 7.43. The van der Waals surface area contributed by atoms with Crippen LogP contribution in [0.4, 0.5) is 0 Å². The van der Waals surface area contributed by atoms with Gasteiger partial charge in [-0.3, -0.25) is 0 Å². The third-order valence-electron chi connectivity index (χ3n) is 3.15. The van der Waals surface area contributed by atoms with Gasteiger partial charge in [0, 0.05) is 0 Å². The van der Waals surface area contributed by atoms with Gasteiger partial charge in [-0.15, -0.1) is 0 Å². The molecule has 0 aliphatic rings. The summed E-state index contributed by atoms with van der Waals surface area (Å²) in [6, 6.07) is 0. The van der Waals surface area contributed by atoms with Crippen molar-refractivity contribution >= 4 is 48.1 Å². The minimum absolute atomic E-state index is 1.54. The third kappa shape index (κ3) is 6.34. The molecule has 1 radical (unpaired) electrons. The predicted molar refractivity (Wildman–Crippen MR) is 107 cm³/mol. The van der Waals surface area contributed by atoms with Crippen LogP contribution in [0.1, 0.15) is 0 Å². The van der Waals surface area contributed by atoms with Crippen molar-refractivity contribution < 1.29 is 9.17 Å². The Hall–Kier alpha value is 1.25. The van der Waals surface area contributed by atoms with Crippen molar-refractivity contribution in [1.82, 2.24) is 6.38 Å². The molecule has 0 bridgehead atoms. The predicted octanol–water partition coefficient (Wildman–Crippen LogP) is 4.40. The van der Waals surface area contributed by atoms with Crippen molar-refractivity contribution in [3.8, 4) is 0 Å². The zero-order valence-electron chi connectivity index (χ0n) is 16.2. The van der Waals surface area contributed by atoms with Crippen LogP contribution < -0.4 is 0 Å². The number of hydrogen-bond donors (Lipinski definition) is 1. The second-order valence-electron chi connectivity index (χ2n) is 9.73. The second-order valence-corrected chi connectivity index (χ2v) is 37.0. The van der Waals surface area contributed by atoms with Crippen LogP contribution in [-0.2, 0) is 3.91 Å². The second kappa shape index (κ2) is 7.01. The Labute approximate surface area is 142 Å². The van der Waals surface area contributed by atoms with E-state index in [1.165, 1.54) is 0 Å². The van der Waals surface area contributed by atoms with Gasteiger partial charge in [0.15, 0.2) is 0 Å². The molecular weight excluding hydrogens is 389 g/mol. The Morgan fingerprint density at radius 2 is 0.762 bits per heavy atom. The van der Waals surface area contributed by atoms with Gasteiger partial charge in [0.1, 0.15) is 0 Å². The van der Waals surface area contributed by atoms with E-state index in [2.05, 4.69) is 84.9 Å². The Morgan fingerprint density at radius 1 is 0.571 bits per heavy atom. The van der Waals surface area contributed by atoms with Crippen molar-refractivity contribution in [1.29, 1.82) is 0 Å². The molecule has 0 atom stereocenters. The van der Waals surface area contributed by atoms with Crippen LogP contribution in [0.5, 0.6) is 0 Å². The van der Waals surface area contributed by atoms with Crippen LogP contribution in [0.2, 0.25) is 78.6 Å². The van der Waals surface area contributed by atoms with Crippen LogP contribution in [0, 0.1) is 0 Å². The van der Waals surface area contributed by atoms with E-state index < -0.39 is 48.1 Å². The van der Waals surface area contributed by atoms with E-state index in [-0.39, 0.29) is 0 Å². The third-order valence-corrected chi connectivity index (χ3v) is 39.4. The summed E-state index contributed by atoms with van der Waals surface area (Å²) >= 11 is -2.31. The van der Waals surface area contributed by atoms with Gasteiger partial charge in [-0.1, -0.05) is 0 Å². The van der Waals surface area contributed by atoms with E-state index in [1.807, 2.05) is 0 Å². The molecule has 0 aromatic heterocycles. The summed E-state index contributed by atoms with van der Waals surface area (Å²) in [5, 5.41) is 9.90. The summed E-state index contributed by atoms with van der Waals surface area (Å²) < 4.78 is 10.8. The Bertz CT molecular complexity index is 285. The van der Waals surface area contributed by atoms with Crippen LogP contribution >= 0.6 is 0 Å². The Morgan fingerprint density at radius 3 is 0.857 bits per heavy atom. The van der Waals surface area contributed by atoms with Crippen molar-refractivity contribution in [2.75, 3.05) is 0 Å². The maximum absolute atomic E-state index is 9.90. The van der Waals surface area contributed by atoms with Gasteiger partial charge < -0.3 is 0 Å². The molecule has 0 amide bonds. The number of rotatable bonds is 7. The molecule has 0 spiro atoms. The fourth-order valence-corrected chi connectivity index (χ4v) is 42.0. The standard InChI is InChI=1S/C12H37GeN2O2Si4/c1-18(2,3)14(19(4,5)6)13(17-16)15(20(7,8)9)21(10,11)12/h16H,1-12H3. The first-order chi connectivity index (χ1) is 8.94. The van der Waals surface area contributed by atoms with Gasteiger partial charge in [0.25, 0.3) is 0 Å². The summed E-state index contributed by atoms with van der Waals surface area (Å²) in [5.74, 6) is 0. The topological polar surface area (TPSA) is 35.9 Å². The summed E-state index contributed by atoms with van der Waals surface area (Å²) in [6.45, 7) is 28.7. The molecule has 0 rings (SSSR count). The fraction of sp³-hybridized carbons (Fsp3) is 1.00. The van der Waals surface area contributed by atoms with E-state index in [0.717, 1.165) is 0 Å².